The normalized spacial score (nSPS) is 12.3. The Kier molecular flexibility index (Phi) is 6.77. The summed E-state index contributed by atoms with van der Waals surface area (Å²) in [6, 6.07) is 42.6. The van der Waals surface area contributed by atoms with E-state index in [1.165, 1.54) is 21.5 Å². The van der Waals surface area contributed by atoms with E-state index in [0.29, 0.717) is 0 Å². The number of anilines is 1. The Morgan fingerprint density at radius 1 is 0.594 bits per heavy atom. The van der Waals surface area contributed by atoms with Crippen molar-refractivity contribution in [3.05, 3.63) is 121 Å². The topological polar surface area (TPSA) is 12.0 Å². The molecule has 2 heteroatoms. The Morgan fingerprint density at radius 2 is 1.00 bits per heavy atom. The van der Waals surface area contributed by atoms with Crippen LogP contribution in [0.3, 0.4) is 0 Å². The van der Waals surface area contributed by atoms with Gasteiger partial charge in [0.2, 0.25) is 0 Å². The van der Waals surface area contributed by atoms with Crippen LogP contribution >= 0.6 is 7.26 Å². The van der Waals surface area contributed by atoms with E-state index in [0.717, 1.165) is 18.3 Å². The summed E-state index contributed by atoms with van der Waals surface area (Å²) in [6.07, 6.45) is 2.28. The molecular formula is C30H34NP. The summed E-state index contributed by atoms with van der Waals surface area (Å²) in [5, 5.41) is 7.69. The number of rotatable bonds is 8. The first-order chi connectivity index (χ1) is 15.6. The molecule has 4 aromatic rings. The predicted molar refractivity (Wildman–Crippen MR) is 145 cm³/mol. The maximum atomic E-state index is 3.23. The van der Waals surface area contributed by atoms with Crippen LogP contribution in [0.1, 0.15) is 25.8 Å². The van der Waals surface area contributed by atoms with E-state index in [9.17, 15) is 0 Å². The minimum atomic E-state index is -2.20. The van der Waals surface area contributed by atoms with Crippen LogP contribution < -0.4 is 21.2 Å². The molecule has 0 fully saturated rings. The van der Waals surface area contributed by atoms with Crippen LogP contribution in [0.5, 0.6) is 0 Å². The summed E-state index contributed by atoms with van der Waals surface area (Å²) in [5.74, 6) is 0. The molecule has 32 heavy (non-hydrogen) atoms. The molecule has 0 heterocycles. The molecule has 0 aromatic heterocycles. The van der Waals surface area contributed by atoms with E-state index in [4.69, 9.17) is 0 Å². The van der Waals surface area contributed by atoms with Crippen LogP contribution in [0.25, 0.3) is 0 Å². The number of hydrogen-bond donors (Lipinski definition) is 1. The minimum absolute atomic E-state index is 0.0862. The van der Waals surface area contributed by atoms with Crippen LogP contribution in [0.4, 0.5) is 5.69 Å². The van der Waals surface area contributed by atoms with Crippen molar-refractivity contribution < 1.29 is 0 Å². The molecule has 0 atom stereocenters. The van der Waals surface area contributed by atoms with E-state index >= 15 is 0 Å². The van der Waals surface area contributed by atoms with E-state index in [1.807, 2.05) is 7.05 Å². The van der Waals surface area contributed by atoms with Gasteiger partial charge in [-0.2, -0.15) is 0 Å². The molecule has 1 N–H and O–H groups in total. The molecule has 0 bridgehead atoms. The first-order valence-corrected chi connectivity index (χ1v) is 13.7. The van der Waals surface area contributed by atoms with Gasteiger partial charge in [-0.1, -0.05) is 0 Å². The molecule has 0 aliphatic carbocycles. The average molecular weight is 440 g/mol. The van der Waals surface area contributed by atoms with Crippen molar-refractivity contribution in [2.24, 2.45) is 0 Å². The van der Waals surface area contributed by atoms with Gasteiger partial charge in [0.15, 0.2) is 0 Å². The third kappa shape index (κ3) is 4.50. The van der Waals surface area contributed by atoms with Crippen LogP contribution in [-0.4, -0.2) is 13.2 Å². The first kappa shape index (κ1) is 22.3. The summed E-state index contributed by atoms with van der Waals surface area (Å²) in [7, 11) is -0.225. The Bertz CT molecular complexity index is 1010. The standard InChI is InChI=1S/C30H34NP/c1-30(2,25-19-21-26(31-3)22-20-25)23-24-32(27-13-7-4-8-14-27,28-15-9-5-10-16-28)29-17-11-6-12-18-29/h4-22,31-32H,23-24H2,1-3H3. The Balaban J connectivity index is 1.80. The van der Waals surface area contributed by atoms with Gasteiger partial charge in [0.1, 0.15) is 0 Å². The van der Waals surface area contributed by atoms with Crippen molar-refractivity contribution in [2.45, 2.75) is 25.7 Å². The molecule has 1 nitrogen and oxygen atoms in total. The quantitative estimate of drug-likeness (QED) is 0.326. The van der Waals surface area contributed by atoms with Gasteiger partial charge < -0.3 is 0 Å². The SMILES string of the molecule is CNc1ccc(C(C)(C)CC[PH](c2ccccc2)(c2ccccc2)c2ccccc2)cc1. The molecule has 0 spiro atoms. The third-order valence-electron chi connectivity index (χ3n) is 6.88. The Hall–Kier alpha value is -2.89. The second-order valence-corrected chi connectivity index (χ2v) is 13.3. The summed E-state index contributed by atoms with van der Waals surface area (Å²) < 4.78 is 0. The zero-order chi connectivity index (χ0) is 22.4. The van der Waals surface area contributed by atoms with Gasteiger partial charge in [-0.3, -0.25) is 0 Å². The fourth-order valence-electron chi connectivity index (χ4n) is 4.83. The van der Waals surface area contributed by atoms with E-state index in [1.54, 1.807) is 0 Å². The Morgan fingerprint density at radius 3 is 1.38 bits per heavy atom. The zero-order valence-corrected chi connectivity index (χ0v) is 20.4. The van der Waals surface area contributed by atoms with Crippen LogP contribution in [-0.2, 0) is 5.41 Å². The molecule has 0 aliphatic heterocycles. The summed E-state index contributed by atoms with van der Waals surface area (Å²) in [6.45, 7) is 4.78. The van der Waals surface area contributed by atoms with Gasteiger partial charge in [-0.05, 0) is 0 Å². The summed E-state index contributed by atoms with van der Waals surface area (Å²) >= 11 is 0. The monoisotopic (exact) mass is 439 g/mol. The van der Waals surface area contributed by atoms with Gasteiger partial charge in [0, 0.05) is 0 Å². The first-order valence-electron chi connectivity index (χ1n) is 11.5. The second-order valence-electron chi connectivity index (χ2n) is 9.21. The van der Waals surface area contributed by atoms with Gasteiger partial charge in [0.05, 0.1) is 0 Å². The molecule has 4 aromatic carbocycles. The number of nitrogens with one attached hydrogen (secondary N) is 1. The van der Waals surface area contributed by atoms with Gasteiger partial charge in [-0.15, -0.1) is 0 Å². The zero-order valence-electron chi connectivity index (χ0n) is 19.4. The van der Waals surface area contributed by atoms with Crippen LogP contribution in [0.15, 0.2) is 115 Å². The van der Waals surface area contributed by atoms with Crippen molar-refractivity contribution in [3.8, 4) is 0 Å². The predicted octanol–water partition coefficient (Wildman–Crippen LogP) is 6.12. The van der Waals surface area contributed by atoms with Crippen LogP contribution in [0.2, 0.25) is 0 Å². The van der Waals surface area contributed by atoms with E-state index in [2.05, 4.69) is 134 Å². The molecule has 0 saturated carbocycles. The van der Waals surface area contributed by atoms with Gasteiger partial charge in [0.25, 0.3) is 0 Å². The van der Waals surface area contributed by atoms with Crippen LogP contribution in [0, 0.1) is 0 Å². The molecule has 164 valence electrons. The maximum absolute atomic E-state index is 3.23. The fraction of sp³-hybridized carbons (Fsp3) is 0.200. The number of hydrogen-bond acceptors (Lipinski definition) is 1. The fourth-order valence-corrected chi connectivity index (χ4v) is 9.98. The summed E-state index contributed by atoms with van der Waals surface area (Å²) in [5.41, 5.74) is 2.64. The third-order valence-corrected chi connectivity index (χ3v) is 11.8. The van der Waals surface area contributed by atoms with Gasteiger partial charge >= 0.3 is 194 Å². The van der Waals surface area contributed by atoms with Gasteiger partial charge in [-0.25, -0.2) is 0 Å². The molecule has 0 amide bonds. The molecular weight excluding hydrogens is 405 g/mol. The molecule has 4 rings (SSSR count). The molecule has 0 radical (unpaired) electrons. The van der Waals surface area contributed by atoms with E-state index < -0.39 is 7.26 Å². The summed E-state index contributed by atoms with van der Waals surface area (Å²) in [4.78, 5) is 0. The number of benzene rings is 4. The molecule has 0 saturated heterocycles. The molecule has 0 unspecified atom stereocenters. The van der Waals surface area contributed by atoms with Crippen molar-refractivity contribution >= 4 is 28.9 Å². The average Bonchev–Trinajstić information content (AvgIpc) is 2.86. The van der Waals surface area contributed by atoms with Crippen molar-refractivity contribution in [1.29, 1.82) is 0 Å². The van der Waals surface area contributed by atoms with E-state index in [-0.39, 0.29) is 5.41 Å². The van der Waals surface area contributed by atoms with Crippen molar-refractivity contribution in [3.63, 3.8) is 0 Å². The molecule has 0 aliphatic rings. The second kappa shape index (κ2) is 9.72. The van der Waals surface area contributed by atoms with Crippen molar-refractivity contribution in [1.82, 2.24) is 0 Å². The van der Waals surface area contributed by atoms with Crippen molar-refractivity contribution in [2.75, 3.05) is 18.5 Å². The Labute approximate surface area is 193 Å².